The zero-order valence-corrected chi connectivity index (χ0v) is 10.0. The molecule has 0 spiro atoms. The molecule has 1 heterocycles. The van der Waals surface area contributed by atoms with Gasteiger partial charge in [-0.15, -0.1) is 0 Å². The lowest BCUT2D eigenvalue weighted by molar-refractivity contribution is 0.178. The second-order valence-corrected chi connectivity index (χ2v) is 4.32. The summed E-state index contributed by atoms with van der Waals surface area (Å²) in [5.41, 5.74) is 1.51. The van der Waals surface area contributed by atoms with Gasteiger partial charge in [-0.2, -0.15) is 5.10 Å². The molecule has 2 aromatic rings. The summed E-state index contributed by atoms with van der Waals surface area (Å²) in [5, 5.41) is 14.0. The van der Waals surface area contributed by atoms with Gasteiger partial charge in [-0.3, -0.25) is 4.68 Å². The Hall–Kier alpha value is -1.39. The minimum atomic E-state index is -0.711. The number of aromatic nitrogens is 2. The molecule has 1 unspecified atom stereocenters. The van der Waals surface area contributed by atoms with Gasteiger partial charge in [-0.1, -0.05) is 17.7 Å². The van der Waals surface area contributed by atoms with Gasteiger partial charge in [0.2, 0.25) is 0 Å². The lowest BCUT2D eigenvalue weighted by Crippen LogP contribution is -2.01. The molecule has 0 saturated carbocycles. The van der Waals surface area contributed by atoms with Gasteiger partial charge in [0.1, 0.15) is 5.82 Å². The van der Waals surface area contributed by atoms with Gasteiger partial charge >= 0.3 is 0 Å². The van der Waals surface area contributed by atoms with Gasteiger partial charge in [0.25, 0.3) is 0 Å². The molecule has 1 aromatic carbocycles. The first-order chi connectivity index (χ1) is 8.06. The van der Waals surface area contributed by atoms with Crippen LogP contribution in [0.1, 0.15) is 17.2 Å². The van der Waals surface area contributed by atoms with Crippen molar-refractivity contribution in [3.05, 3.63) is 52.6 Å². The highest BCUT2D eigenvalue weighted by molar-refractivity contribution is 6.30. The first-order valence-corrected chi connectivity index (χ1v) is 5.54. The van der Waals surface area contributed by atoms with Crippen LogP contribution in [-0.4, -0.2) is 14.9 Å². The molecule has 0 aliphatic carbocycles. The molecule has 0 amide bonds. The minimum absolute atomic E-state index is 0.0211. The summed E-state index contributed by atoms with van der Waals surface area (Å²) in [5.74, 6) is -0.482. The van der Waals surface area contributed by atoms with E-state index in [9.17, 15) is 9.50 Å². The van der Waals surface area contributed by atoms with Gasteiger partial charge in [0.05, 0.1) is 17.3 Å². The molecule has 1 atom stereocenters. The van der Waals surface area contributed by atoms with Crippen LogP contribution in [0.4, 0.5) is 4.39 Å². The Balaban J connectivity index is 2.14. The van der Waals surface area contributed by atoms with E-state index in [0.717, 1.165) is 5.56 Å². The average Bonchev–Trinajstić information content (AvgIpc) is 2.68. The lowest BCUT2D eigenvalue weighted by Gasteiger charge is -2.10. The summed E-state index contributed by atoms with van der Waals surface area (Å²) in [4.78, 5) is 0. The molecule has 17 heavy (non-hydrogen) atoms. The van der Waals surface area contributed by atoms with E-state index in [1.54, 1.807) is 10.9 Å². The Bertz CT molecular complexity index is 527. The molecule has 90 valence electrons. The molecule has 2 rings (SSSR count). The standard InChI is InChI=1S/C12H12ClFN2O/c1-16-7-8(6-15-16)4-12(17)9-2-3-11(14)10(13)5-9/h2-3,5-7,12,17H,4H2,1H3. The predicted octanol–water partition coefficient (Wildman–Crippen LogP) is 2.49. The van der Waals surface area contributed by atoms with Crippen LogP contribution in [-0.2, 0) is 13.5 Å². The van der Waals surface area contributed by atoms with Crippen molar-refractivity contribution in [3.8, 4) is 0 Å². The molecule has 1 N–H and O–H groups in total. The summed E-state index contributed by atoms with van der Waals surface area (Å²) in [6.45, 7) is 0. The summed E-state index contributed by atoms with van der Waals surface area (Å²) in [6.07, 6.45) is 3.23. The number of aryl methyl sites for hydroxylation is 1. The largest absolute Gasteiger partial charge is 0.388 e. The van der Waals surface area contributed by atoms with Crippen molar-refractivity contribution in [1.29, 1.82) is 0 Å². The van der Waals surface area contributed by atoms with Crippen molar-refractivity contribution in [3.63, 3.8) is 0 Å². The predicted molar refractivity (Wildman–Crippen MR) is 63.3 cm³/mol. The van der Waals surface area contributed by atoms with E-state index < -0.39 is 11.9 Å². The fourth-order valence-electron chi connectivity index (χ4n) is 1.64. The van der Waals surface area contributed by atoms with Crippen molar-refractivity contribution >= 4 is 11.6 Å². The monoisotopic (exact) mass is 254 g/mol. The first-order valence-electron chi connectivity index (χ1n) is 5.17. The smallest absolute Gasteiger partial charge is 0.141 e. The van der Waals surface area contributed by atoms with Gasteiger partial charge in [-0.25, -0.2) is 4.39 Å². The zero-order valence-electron chi connectivity index (χ0n) is 9.27. The maximum Gasteiger partial charge on any atom is 0.141 e. The van der Waals surface area contributed by atoms with E-state index in [0.29, 0.717) is 12.0 Å². The topological polar surface area (TPSA) is 38.0 Å². The van der Waals surface area contributed by atoms with Crippen molar-refractivity contribution < 1.29 is 9.50 Å². The van der Waals surface area contributed by atoms with Crippen LogP contribution < -0.4 is 0 Å². The first kappa shape index (κ1) is 12.1. The Kier molecular flexibility index (Phi) is 3.45. The normalized spacial score (nSPS) is 12.7. The fourth-order valence-corrected chi connectivity index (χ4v) is 1.83. The quantitative estimate of drug-likeness (QED) is 0.914. The molecule has 0 radical (unpaired) electrons. The van der Waals surface area contributed by atoms with Crippen molar-refractivity contribution in [2.24, 2.45) is 7.05 Å². The highest BCUT2D eigenvalue weighted by atomic mass is 35.5. The van der Waals surface area contributed by atoms with Crippen molar-refractivity contribution in [2.45, 2.75) is 12.5 Å². The van der Waals surface area contributed by atoms with Crippen molar-refractivity contribution in [1.82, 2.24) is 9.78 Å². The average molecular weight is 255 g/mol. The molecule has 0 aliphatic heterocycles. The SMILES string of the molecule is Cn1cc(CC(O)c2ccc(F)c(Cl)c2)cn1. The van der Waals surface area contributed by atoms with Gasteiger partial charge in [0.15, 0.2) is 0 Å². The highest BCUT2D eigenvalue weighted by Crippen LogP contribution is 2.23. The van der Waals surface area contributed by atoms with Crippen LogP contribution in [0.5, 0.6) is 0 Å². The number of aliphatic hydroxyl groups excluding tert-OH is 1. The Morgan fingerprint density at radius 1 is 1.53 bits per heavy atom. The van der Waals surface area contributed by atoms with E-state index in [2.05, 4.69) is 5.10 Å². The number of nitrogens with zero attached hydrogens (tertiary/aromatic N) is 2. The minimum Gasteiger partial charge on any atom is -0.388 e. The number of hydrogen-bond donors (Lipinski definition) is 1. The molecule has 0 fully saturated rings. The van der Waals surface area contributed by atoms with Gasteiger partial charge in [0, 0.05) is 19.7 Å². The van der Waals surface area contributed by atoms with Crippen LogP contribution >= 0.6 is 11.6 Å². The van der Waals surface area contributed by atoms with Crippen molar-refractivity contribution in [2.75, 3.05) is 0 Å². The number of hydrogen-bond acceptors (Lipinski definition) is 2. The van der Waals surface area contributed by atoms with Gasteiger partial charge < -0.3 is 5.11 Å². The maximum absolute atomic E-state index is 13.0. The Morgan fingerprint density at radius 2 is 2.29 bits per heavy atom. The zero-order chi connectivity index (χ0) is 12.4. The van der Waals surface area contributed by atoms with Crippen LogP contribution in [0.3, 0.4) is 0 Å². The summed E-state index contributed by atoms with van der Waals surface area (Å²) in [7, 11) is 1.81. The van der Waals surface area contributed by atoms with E-state index >= 15 is 0 Å². The van der Waals surface area contributed by atoms with Crippen LogP contribution in [0.25, 0.3) is 0 Å². The second kappa shape index (κ2) is 4.85. The van der Waals surface area contributed by atoms with Crippen LogP contribution in [0.2, 0.25) is 5.02 Å². The summed E-state index contributed by atoms with van der Waals surface area (Å²) < 4.78 is 14.6. The fraction of sp³-hybridized carbons (Fsp3) is 0.250. The molecular weight excluding hydrogens is 243 g/mol. The number of rotatable bonds is 3. The van der Waals surface area contributed by atoms with E-state index in [-0.39, 0.29) is 5.02 Å². The molecular formula is C12H12ClFN2O. The highest BCUT2D eigenvalue weighted by Gasteiger charge is 2.11. The third kappa shape index (κ3) is 2.84. The molecule has 1 aromatic heterocycles. The molecule has 0 aliphatic rings. The van der Waals surface area contributed by atoms with Crippen LogP contribution in [0.15, 0.2) is 30.6 Å². The maximum atomic E-state index is 13.0. The number of aliphatic hydroxyl groups is 1. The third-order valence-electron chi connectivity index (χ3n) is 2.52. The molecule has 3 nitrogen and oxygen atoms in total. The van der Waals surface area contributed by atoms with Crippen LogP contribution in [0, 0.1) is 5.82 Å². The van der Waals surface area contributed by atoms with Gasteiger partial charge in [-0.05, 0) is 23.3 Å². The van der Waals surface area contributed by atoms with E-state index in [1.165, 1.54) is 18.2 Å². The Morgan fingerprint density at radius 3 is 2.88 bits per heavy atom. The summed E-state index contributed by atoms with van der Waals surface area (Å²) >= 11 is 5.66. The van der Waals surface area contributed by atoms with E-state index in [4.69, 9.17) is 11.6 Å². The molecule has 0 bridgehead atoms. The lowest BCUT2D eigenvalue weighted by atomic mass is 10.0. The summed E-state index contributed by atoms with van der Waals surface area (Å²) in [6, 6.07) is 4.23. The second-order valence-electron chi connectivity index (χ2n) is 3.92. The number of halogens is 2. The third-order valence-corrected chi connectivity index (χ3v) is 2.81. The Labute approximate surface area is 103 Å². The number of benzene rings is 1. The van der Waals surface area contributed by atoms with E-state index in [1.807, 2.05) is 13.2 Å². The molecule has 5 heteroatoms. The molecule has 0 saturated heterocycles.